The highest BCUT2D eigenvalue weighted by Crippen LogP contribution is 2.06. The standard InChI is InChI=1S/C11H10ClN5/c1-8(9-3-2-6-13-7-9)14-16-11-5-4-10(12)15-17-11/h2-7H,1H3,(H,16,17)/b14-8+. The minimum absolute atomic E-state index is 0.350. The van der Waals surface area contributed by atoms with Crippen molar-refractivity contribution >= 4 is 23.1 Å². The molecule has 0 saturated heterocycles. The van der Waals surface area contributed by atoms with E-state index in [0.29, 0.717) is 11.0 Å². The van der Waals surface area contributed by atoms with E-state index in [4.69, 9.17) is 11.6 Å². The van der Waals surface area contributed by atoms with Gasteiger partial charge in [-0.3, -0.25) is 10.4 Å². The first kappa shape index (κ1) is 11.5. The molecule has 2 aromatic rings. The van der Waals surface area contributed by atoms with Crippen LogP contribution in [-0.2, 0) is 0 Å². The first-order chi connectivity index (χ1) is 8.25. The summed E-state index contributed by atoms with van der Waals surface area (Å²) in [6, 6.07) is 7.14. The predicted molar refractivity (Wildman–Crippen MR) is 67.1 cm³/mol. The highest BCUT2D eigenvalue weighted by molar-refractivity contribution is 6.29. The third kappa shape index (κ3) is 3.22. The number of hydrogen-bond donors (Lipinski definition) is 1. The minimum atomic E-state index is 0.350. The summed E-state index contributed by atoms with van der Waals surface area (Å²) in [6.07, 6.45) is 3.46. The van der Waals surface area contributed by atoms with Gasteiger partial charge in [0.15, 0.2) is 11.0 Å². The lowest BCUT2D eigenvalue weighted by Gasteiger charge is -2.01. The van der Waals surface area contributed by atoms with Crippen LogP contribution in [0.4, 0.5) is 5.82 Å². The predicted octanol–water partition coefficient (Wildman–Crippen LogP) is 2.36. The molecule has 1 N–H and O–H groups in total. The van der Waals surface area contributed by atoms with Crippen LogP contribution in [0.1, 0.15) is 12.5 Å². The van der Waals surface area contributed by atoms with E-state index in [1.807, 2.05) is 19.1 Å². The number of rotatable bonds is 3. The topological polar surface area (TPSA) is 63.1 Å². The largest absolute Gasteiger partial charge is 0.264 e. The highest BCUT2D eigenvalue weighted by atomic mass is 35.5. The molecule has 0 amide bonds. The molecule has 0 aliphatic heterocycles. The van der Waals surface area contributed by atoms with Gasteiger partial charge in [0.05, 0.1) is 5.71 Å². The van der Waals surface area contributed by atoms with Crippen LogP contribution in [0.2, 0.25) is 5.15 Å². The van der Waals surface area contributed by atoms with E-state index in [9.17, 15) is 0 Å². The zero-order chi connectivity index (χ0) is 12.1. The van der Waals surface area contributed by atoms with Gasteiger partial charge in [0.1, 0.15) is 0 Å². The summed E-state index contributed by atoms with van der Waals surface area (Å²) in [4.78, 5) is 4.02. The smallest absolute Gasteiger partial charge is 0.168 e. The highest BCUT2D eigenvalue weighted by Gasteiger charge is 1.97. The Morgan fingerprint density at radius 2 is 2.18 bits per heavy atom. The molecule has 0 spiro atoms. The lowest BCUT2D eigenvalue weighted by molar-refractivity contribution is 1.02. The van der Waals surface area contributed by atoms with Crippen LogP contribution < -0.4 is 5.43 Å². The number of pyridine rings is 1. The van der Waals surface area contributed by atoms with Gasteiger partial charge >= 0.3 is 0 Å². The maximum Gasteiger partial charge on any atom is 0.168 e. The molecule has 0 radical (unpaired) electrons. The molecule has 0 aliphatic rings. The van der Waals surface area contributed by atoms with Crippen molar-refractivity contribution in [2.45, 2.75) is 6.92 Å². The molecule has 2 heterocycles. The van der Waals surface area contributed by atoms with Crippen LogP contribution >= 0.6 is 11.6 Å². The number of nitrogens with zero attached hydrogens (tertiary/aromatic N) is 4. The van der Waals surface area contributed by atoms with Crippen LogP contribution in [0.3, 0.4) is 0 Å². The Bertz CT molecular complexity index is 509. The Hall–Kier alpha value is -2.01. The molecule has 0 atom stereocenters. The van der Waals surface area contributed by atoms with E-state index in [2.05, 4.69) is 25.7 Å². The first-order valence-electron chi connectivity index (χ1n) is 4.95. The normalized spacial score (nSPS) is 11.3. The molecule has 0 aliphatic carbocycles. The van der Waals surface area contributed by atoms with Crippen LogP contribution in [0.15, 0.2) is 41.8 Å². The molecular weight excluding hydrogens is 238 g/mol. The molecule has 0 bridgehead atoms. The van der Waals surface area contributed by atoms with Crippen molar-refractivity contribution in [3.05, 3.63) is 47.4 Å². The quantitative estimate of drug-likeness (QED) is 0.668. The number of anilines is 1. The number of halogens is 1. The summed E-state index contributed by atoms with van der Waals surface area (Å²) in [5, 5.41) is 12.1. The van der Waals surface area contributed by atoms with Gasteiger partial charge in [-0.2, -0.15) is 5.10 Å². The van der Waals surface area contributed by atoms with Gasteiger partial charge in [-0.1, -0.05) is 17.7 Å². The monoisotopic (exact) mass is 247 g/mol. The molecule has 17 heavy (non-hydrogen) atoms. The van der Waals surface area contributed by atoms with Crippen LogP contribution in [0.25, 0.3) is 0 Å². The van der Waals surface area contributed by atoms with Crippen molar-refractivity contribution in [1.82, 2.24) is 15.2 Å². The summed E-state index contributed by atoms with van der Waals surface area (Å²) in [5.74, 6) is 0.539. The van der Waals surface area contributed by atoms with Gasteiger partial charge in [-0.25, -0.2) is 0 Å². The molecule has 0 unspecified atom stereocenters. The van der Waals surface area contributed by atoms with E-state index in [1.165, 1.54) is 0 Å². The molecule has 0 saturated carbocycles. The van der Waals surface area contributed by atoms with E-state index in [-0.39, 0.29) is 0 Å². The van der Waals surface area contributed by atoms with Crippen molar-refractivity contribution < 1.29 is 0 Å². The van der Waals surface area contributed by atoms with Gasteiger partial charge in [-0.05, 0) is 25.1 Å². The number of hydrogen-bond acceptors (Lipinski definition) is 5. The summed E-state index contributed by atoms with van der Waals surface area (Å²) >= 11 is 5.62. The van der Waals surface area contributed by atoms with Crippen molar-refractivity contribution in [3.8, 4) is 0 Å². The molecule has 0 aromatic carbocycles. The molecule has 2 aromatic heterocycles. The SMILES string of the molecule is C/C(=N\Nc1ccc(Cl)nn1)c1cccnc1. The van der Waals surface area contributed by atoms with Crippen molar-refractivity contribution in [1.29, 1.82) is 0 Å². The maximum atomic E-state index is 5.62. The fraction of sp³-hybridized carbons (Fsp3) is 0.0909. The number of nitrogens with one attached hydrogen (secondary N) is 1. The zero-order valence-corrected chi connectivity index (χ0v) is 9.89. The van der Waals surface area contributed by atoms with E-state index < -0.39 is 0 Å². The van der Waals surface area contributed by atoms with Crippen LogP contribution in [0, 0.1) is 0 Å². The van der Waals surface area contributed by atoms with Crippen molar-refractivity contribution in [3.63, 3.8) is 0 Å². The average Bonchev–Trinajstić information content (AvgIpc) is 2.39. The lowest BCUT2D eigenvalue weighted by Crippen LogP contribution is -2.01. The van der Waals surface area contributed by atoms with E-state index >= 15 is 0 Å². The second kappa shape index (κ2) is 5.36. The Kier molecular flexibility index (Phi) is 3.62. The number of aromatic nitrogens is 3. The summed E-state index contributed by atoms with van der Waals surface area (Å²) in [5.41, 5.74) is 4.56. The molecule has 86 valence electrons. The van der Waals surface area contributed by atoms with Gasteiger partial charge in [0, 0.05) is 18.0 Å². The molecular formula is C11H10ClN5. The summed E-state index contributed by atoms with van der Waals surface area (Å²) in [7, 11) is 0. The van der Waals surface area contributed by atoms with E-state index in [1.54, 1.807) is 24.5 Å². The Morgan fingerprint density at radius 1 is 1.29 bits per heavy atom. The van der Waals surface area contributed by atoms with Crippen LogP contribution in [-0.4, -0.2) is 20.9 Å². The van der Waals surface area contributed by atoms with Crippen molar-refractivity contribution in [2.24, 2.45) is 5.10 Å². The Balaban J connectivity index is 2.08. The third-order valence-corrected chi connectivity index (χ3v) is 2.25. The first-order valence-corrected chi connectivity index (χ1v) is 5.33. The van der Waals surface area contributed by atoms with Gasteiger partial charge in [0.2, 0.25) is 0 Å². The zero-order valence-electron chi connectivity index (χ0n) is 9.13. The molecule has 5 nitrogen and oxygen atoms in total. The fourth-order valence-electron chi connectivity index (χ4n) is 1.16. The molecule has 6 heteroatoms. The Labute approximate surface area is 104 Å². The lowest BCUT2D eigenvalue weighted by atomic mass is 10.2. The fourth-order valence-corrected chi connectivity index (χ4v) is 1.26. The van der Waals surface area contributed by atoms with Gasteiger partial charge in [0.25, 0.3) is 0 Å². The van der Waals surface area contributed by atoms with Gasteiger partial charge in [-0.15, -0.1) is 10.2 Å². The third-order valence-electron chi connectivity index (χ3n) is 2.05. The van der Waals surface area contributed by atoms with E-state index in [0.717, 1.165) is 11.3 Å². The Morgan fingerprint density at radius 3 is 2.82 bits per heavy atom. The molecule has 2 rings (SSSR count). The van der Waals surface area contributed by atoms with Crippen LogP contribution in [0.5, 0.6) is 0 Å². The minimum Gasteiger partial charge on any atom is -0.264 e. The average molecular weight is 248 g/mol. The molecule has 0 fully saturated rings. The second-order valence-corrected chi connectivity index (χ2v) is 3.68. The summed E-state index contributed by atoms with van der Waals surface area (Å²) < 4.78 is 0. The second-order valence-electron chi connectivity index (χ2n) is 3.29. The summed E-state index contributed by atoms with van der Waals surface area (Å²) in [6.45, 7) is 1.88. The van der Waals surface area contributed by atoms with Gasteiger partial charge < -0.3 is 0 Å². The maximum absolute atomic E-state index is 5.62. The number of hydrazone groups is 1. The van der Waals surface area contributed by atoms with Crippen molar-refractivity contribution in [2.75, 3.05) is 5.43 Å².